The second-order valence-corrected chi connectivity index (χ2v) is 2.82. The molecule has 56 valence electrons. The quantitative estimate of drug-likeness (QED) is 0.687. The predicted molar refractivity (Wildman–Crippen MR) is 49.8 cm³/mol. The average Bonchev–Trinajstić information content (AvgIpc) is 2.05. The van der Waals surface area contributed by atoms with E-state index in [1.807, 2.05) is 12.1 Å². The number of hydrogen-bond donors (Lipinski definition) is 0. The summed E-state index contributed by atoms with van der Waals surface area (Å²) in [6.45, 7) is 3.60. The molecule has 0 fully saturated rings. The maximum absolute atomic E-state index is 10.8. The Hall–Kier alpha value is -0.890. The van der Waals surface area contributed by atoms with Crippen molar-refractivity contribution in [3.05, 3.63) is 42.0 Å². The van der Waals surface area contributed by atoms with Crippen LogP contribution in [0.15, 0.2) is 30.8 Å². The smallest absolute Gasteiger partial charge is 0.228 e. The molecule has 11 heavy (non-hydrogen) atoms. The Morgan fingerprint density at radius 1 is 1.55 bits per heavy atom. The fourth-order valence-corrected chi connectivity index (χ4v) is 1.03. The molecular formula is C9H7BrO. The van der Waals surface area contributed by atoms with Gasteiger partial charge in [0.25, 0.3) is 0 Å². The zero-order valence-electron chi connectivity index (χ0n) is 5.88. The lowest BCUT2D eigenvalue weighted by atomic mass is 10.1. The summed E-state index contributed by atoms with van der Waals surface area (Å²) in [6.07, 6.45) is 1.71. The first-order chi connectivity index (χ1) is 5.24. The second kappa shape index (κ2) is 3.49. The molecule has 0 atom stereocenters. The average molecular weight is 211 g/mol. The molecule has 0 aliphatic carbocycles. The molecule has 2 heteroatoms. The van der Waals surface area contributed by atoms with Crippen molar-refractivity contribution in [1.82, 2.24) is 0 Å². The van der Waals surface area contributed by atoms with Crippen LogP contribution in [0.1, 0.15) is 15.9 Å². The molecule has 0 bridgehead atoms. The van der Waals surface area contributed by atoms with Crippen LogP contribution in [0.4, 0.5) is 0 Å². The van der Waals surface area contributed by atoms with Gasteiger partial charge in [-0.1, -0.05) is 30.9 Å². The van der Waals surface area contributed by atoms with Crippen LogP contribution < -0.4 is 0 Å². The van der Waals surface area contributed by atoms with Crippen LogP contribution >= 0.6 is 15.9 Å². The van der Waals surface area contributed by atoms with Crippen LogP contribution in [0.25, 0.3) is 6.08 Å². The Morgan fingerprint density at radius 2 is 2.27 bits per heavy atom. The highest BCUT2D eigenvalue weighted by Gasteiger charge is 1.98. The summed E-state index contributed by atoms with van der Waals surface area (Å²) in [6, 6.07) is 7.26. The third-order valence-electron chi connectivity index (χ3n) is 1.35. The summed E-state index contributed by atoms with van der Waals surface area (Å²) in [5.74, 6) is 0. The lowest BCUT2D eigenvalue weighted by Crippen LogP contribution is -1.86. The molecule has 1 nitrogen and oxygen atoms in total. The van der Waals surface area contributed by atoms with Gasteiger partial charge in [-0.3, -0.25) is 4.79 Å². The lowest BCUT2D eigenvalue weighted by molar-refractivity contribution is 0.109. The Labute approximate surface area is 73.9 Å². The molecular weight excluding hydrogens is 204 g/mol. The second-order valence-electron chi connectivity index (χ2n) is 2.10. The SMILES string of the molecule is C=Cc1cccc(C(=O)Br)c1. The Kier molecular flexibility index (Phi) is 2.60. The van der Waals surface area contributed by atoms with E-state index in [0.717, 1.165) is 5.56 Å². The first-order valence-electron chi connectivity index (χ1n) is 3.16. The monoisotopic (exact) mass is 210 g/mol. The number of hydrogen-bond acceptors (Lipinski definition) is 1. The number of rotatable bonds is 2. The van der Waals surface area contributed by atoms with E-state index < -0.39 is 0 Å². The van der Waals surface area contributed by atoms with E-state index in [1.165, 1.54) is 0 Å². The Morgan fingerprint density at radius 3 is 2.82 bits per heavy atom. The molecule has 0 heterocycles. The fourth-order valence-electron chi connectivity index (χ4n) is 0.788. The van der Waals surface area contributed by atoms with E-state index in [0.29, 0.717) is 5.56 Å². The van der Waals surface area contributed by atoms with Crippen molar-refractivity contribution in [3.63, 3.8) is 0 Å². The number of benzene rings is 1. The minimum absolute atomic E-state index is 0.0961. The molecule has 0 unspecified atom stereocenters. The molecule has 1 aromatic carbocycles. The van der Waals surface area contributed by atoms with E-state index >= 15 is 0 Å². The molecule has 0 N–H and O–H groups in total. The predicted octanol–water partition coefficient (Wildman–Crippen LogP) is 2.86. The van der Waals surface area contributed by atoms with Crippen molar-refractivity contribution < 1.29 is 4.79 Å². The normalized spacial score (nSPS) is 9.18. The first-order valence-corrected chi connectivity index (χ1v) is 3.95. The van der Waals surface area contributed by atoms with Gasteiger partial charge in [0.15, 0.2) is 0 Å². The summed E-state index contributed by atoms with van der Waals surface area (Å²) >= 11 is 2.87. The third kappa shape index (κ3) is 2.02. The Balaban J connectivity index is 3.10. The van der Waals surface area contributed by atoms with Crippen molar-refractivity contribution in [1.29, 1.82) is 0 Å². The van der Waals surface area contributed by atoms with Crippen molar-refractivity contribution >= 4 is 26.7 Å². The molecule has 1 rings (SSSR count). The summed E-state index contributed by atoms with van der Waals surface area (Å²) in [7, 11) is 0. The molecule has 0 saturated carbocycles. The summed E-state index contributed by atoms with van der Waals surface area (Å²) < 4.78 is -0.0961. The van der Waals surface area contributed by atoms with Gasteiger partial charge in [-0.2, -0.15) is 0 Å². The Bertz CT molecular complexity index is 291. The molecule has 0 aliphatic rings. The van der Waals surface area contributed by atoms with Crippen LogP contribution in [-0.4, -0.2) is 4.69 Å². The van der Waals surface area contributed by atoms with Crippen LogP contribution in [0.2, 0.25) is 0 Å². The number of carbonyl (C=O) groups is 1. The van der Waals surface area contributed by atoms with Gasteiger partial charge in [0.1, 0.15) is 0 Å². The van der Waals surface area contributed by atoms with Gasteiger partial charge in [-0.15, -0.1) is 0 Å². The zero-order valence-corrected chi connectivity index (χ0v) is 7.47. The molecule has 0 spiro atoms. The summed E-state index contributed by atoms with van der Waals surface area (Å²) in [4.78, 5) is 10.8. The van der Waals surface area contributed by atoms with Crippen LogP contribution in [-0.2, 0) is 0 Å². The molecule has 0 aromatic heterocycles. The highest BCUT2D eigenvalue weighted by Crippen LogP contribution is 2.09. The van der Waals surface area contributed by atoms with Gasteiger partial charge < -0.3 is 0 Å². The van der Waals surface area contributed by atoms with Crippen LogP contribution in [0, 0.1) is 0 Å². The van der Waals surface area contributed by atoms with Crippen molar-refractivity contribution in [2.75, 3.05) is 0 Å². The maximum atomic E-state index is 10.8. The van der Waals surface area contributed by atoms with Crippen molar-refractivity contribution in [2.45, 2.75) is 0 Å². The van der Waals surface area contributed by atoms with Gasteiger partial charge in [-0.25, -0.2) is 0 Å². The van der Waals surface area contributed by atoms with Gasteiger partial charge in [0.2, 0.25) is 4.69 Å². The molecule has 0 aliphatic heterocycles. The number of halogens is 1. The van der Waals surface area contributed by atoms with Crippen LogP contribution in [0.3, 0.4) is 0 Å². The molecule has 1 aromatic rings. The highest BCUT2D eigenvalue weighted by molar-refractivity contribution is 9.18. The maximum Gasteiger partial charge on any atom is 0.228 e. The minimum Gasteiger partial charge on any atom is -0.281 e. The fraction of sp³-hybridized carbons (Fsp3) is 0. The lowest BCUT2D eigenvalue weighted by Gasteiger charge is -1.94. The van der Waals surface area contributed by atoms with E-state index in [9.17, 15) is 4.79 Å². The minimum atomic E-state index is -0.0961. The zero-order chi connectivity index (χ0) is 8.27. The van der Waals surface area contributed by atoms with Crippen molar-refractivity contribution in [3.8, 4) is 0 Å². The first kappa shape index (κ1) is 8.21. The molecule has 0 radical (unpaired) electrons. The van der Waals surface area contributed by atoms with Crippen LogP contribution in [0.5, 0.6) is 0 Å². The summed E-state index contributed by atoms with van der Waals surface area (Å²) in [5, 5.41) is 0. The molecule has 0 amide bonds. The van der Waals surface area contributed by atoms with E-state index in [1.54, 1.807) is 18.2 Å². The summed E-state index contributed by atoms with van der Waals surface area (Å²) in [5.41, 5.74) is 1.61. The van der Waals surface area contributed by atoms with E-state index in [4.69, 9.17) is 0 Å². The van der Waals surface area contributed by atoms with Gasteiger partial charge >= 0.3 is 0 Å². The topological polar surface area (TPSA) is 17.1 Å². The standard InChI is InChI=1S/C9H7BrO/c1-2-7-4-3-5-8(6-7)9(10)11/h2-6H,1H2. The molecule has 0 saturated heterocycles. The van der Waals surface area contributed by atoms with Gasteiger partial charge in [-0.05, 0) is 27.6 Å². The number of carbonyl (C=O) groups excluding carboxylic acids is 1. The largest absolute Gasteiger partial charge is 0.281 e. The van der Waals surface area contributed by atoms with Gasteiger partial charge in [0, 0.05) is 5.56 Å². The van der Waals surface area contributed by atoms with Gasteiger partial charge in [0.05, 0.1) is 0 Å². The van der Waals surface area contributed by atoms with Crippen molar-refractivity contribution in [2.24, 2.45) is 0 Å². The third-order valence-corrected chi connectivity index (χ3v) is 1.81. The van der Waals surface area contributed by atoms with E-state index in [-0.39, 0.29) is 4.69 Å². The van der Waals surface area contributed by atoms with E-state index in [2.05, 4.69) is 22.5 Å². The highest BCUT2D eigenvalue weighted by atomic mass is 79.9.